The molecule has 1 aromatic carbocycles. The molecule has 0 spiro atoms. The molecule has 2 heterocycles. The van der Waals surface area contributed by atoms with E-state index in [1.165, 1.54) is 31.4 Å². The number of amides is 1. The largest absolute Gasteiger partial charge is 0.487 e. The van der Waals surface area contributed by atoms with Crippen LogP contribution in [0.25, 0.3) is 0 Å². The van der Waals surface area contributed by atoms with Crippen molar-refractivity contribution in [1.29, 1.82) is 0 Å². The van der Waals surface area contributed by atoms with E-state index in [0.717, 1.165) is 64.1 Å². The Morgan fingerprint density at radius 1 is 1.09 bits per heavy atom. The van der Waals surface area contributed by atoms with Crippen LogP contribution in [0.1, 0.15) is 57.8 Å². The number of piperidine rings is 1. The van der Waals surface area contributed by atoms with Gasteiger partial charge in [-0.05, 0) is 82.4 Å². The average molecular weight is 487 g/mol. The maximum Gasteiger partial charge on any atom is 0.249 e. The molecule has 1 saturated carbocycles. The third-order valence-corrected chi connectivity index (χ3v) is 7.61. The lowest BCUT2D eigenvalue weighted by molar-refractivity contribution is -0.131. The van der Waals surface area contributed by atoms with Crippen LogP contribution in [0.15, 0.2) is 12.1 Å². The maximum absolute atomic E-state index is 13.4. The van der Waals surface area contributed by atoms with E-state index in [4.69, 9.17) is 32.7 Å². The van der Waals surface area contributed by atoms with Crippen molar-refractivity contribution < 1.29 is 18.7 Å². The Morgan fingerprint density at radius 2 is 1.78 bits per heavy atom. The fourth-order valence-electron chi connectivity index (χ4n) is 5.10. The number of benzene rings is 1. The van der Waals surface area contributed by atoms with Crippen LogP contribution in [-0.2, 0) is 9.53 Å². The number of hydrogen-bond donors (Lipinski definition) is 1. The van der Waals surface area contributed by atoms with E-state index in [1.54, 1.807) is 0 Å². The summed E-state index contributed by atoms with van der Waals surface area (Å²) in [4.78, 5) is 14.7. The predicted octanol–water partition coefficient (Wildman–Crippen LogP) is 5.22. The zero-order valence-corrected chi connectivity index (χ0v) is 20.0. The Morgan fingerprint density at radius 3 is 2.41 bits per heavy atom. The second-order valence-electron chi connectivity index (χ2n) is 9.37. The van der Waals surface area contributed by atoms with Crippen LogP contribution >= 0.6 is 23.2 Å². The molecular formula is C24H33Cl2FN2O3. The number of likely N-dealkylation sites (tertiary alicyclic amines) is 1. The third kappa shape index (κ3) is 6.49. The van der Waals surface area contributed by atoms with Gasteiger partial charge < -0.3 is 19.7 Å². The highest BCUT2D eigenvalue weighted by Gasteiger charge is 2.29. The number of nitrogens with zero attached hydrogens (tertiary/aromatic N) is 1. The summed E-state index contributed by atoms with van der Waals surface area (Å²) >= 11 is 12.2. The zero-order chi connectivity index (χ0) is 22.5. The highest BCUT2D eigenvalue weighted by atomic mass is 35.5. The molecule has 1 aromatic rings. The van der Waals surface area contributed by atoms with Crippen molar-refractivity contribution in [3.8, 4) is 5.75 Å². The van der Waals surface area contributed by atoms with Gasteiger partial charge in [0.1, 0.15) is 18.0 Å². The van der Waals surface area contributed by atoms with Crippen LogP contribution in [0, 0.1) is 11.7 Å². The lowest BCUT2D eigenvalue weighted by Gasteiger charge is -2.34. The minimum absolute atomic E-state index is 0.0506. The molecule has 5 nitrogen and oxygen atoms in total. The summed E-state index contributed by atoms with van der Waals surface area (Å²) in [5.41, 5.74) is 0. The molecule has 3 aliphatic rings. The van der Waals surface area contributed by atoms with E-state index in [9.17, 15) is 9.18 Å². The quantitative estimate of drug-likeness (QED) is 0.573. The number of halogens is 3. The van der Waals surface area contributed by atoms with Crippen LogP contribution < -0.4 is 10.1 Å². The minimum Gasteiger partial charge on any atom is -0.487 e. The summed E-state index contributed by atoms with van der Waals surface area (Å²) in [6.45, 7) is 3.77. The van der Waals surface area contributed by atoms with E-state index in [0.29, 0.717) is 18.4 Å². The fraction of sp³-hybridized carbons (Fsp3) is 0.708. The number of ether oxygens (including phenoxy) is 2. The molecule has 1 amide bonds. The highest BCUT2D eigenvalue weighted by molar-refractivity contribution is 6.37. The second kappa shape index (κ2) is 11.4. The number of rotatable bonds is 7. The van der Waals surface area contributed by atoms with Gasteiger partial charge in [-0.1, -0.05) is 23.2 Å². The van der Waals surface area contributed by atoms with Gasteiger partial charge in [-0.15, -0.1) is 0 Å². The highest BCUT2D eigenvalue weighted by Crippen LogP contribution is 2.36. The fourth-order valence-corrected chi connectivity index (χ4v) is 5.65. The summed E-state index contributed by atoms with van der Waals surface area (Å²) in [5, 5.41) is 3.64. The molecule has 3 fully saturated rings. The minimum atomic E-state index is -0.457. The predicted molar refractivity (Wildman–Crippen MR) is 124 cm³/mol. The van der Waals surface area contributed by atoms with Crippen LogP contribution in [0.4, 0.5) is 4.39 Å². The van der Waals surface area contributed by atoms with Crippen LogP contribution in [-0.4, -0.2) is 55.3 Å². The van der Waals surface area contributed by atoms with Gasteiger partial charge in [0.05, 0.1) is 10.0 Å². The normalized spacial score (nSPS) is 27.4. The van der Waals surface area contributed by atoms with Gasteiger partial charge >= 0.3 is 0 Å². The molecule has 1 atom stereocenters. The van der Waals surface area contributed by atoms with Crippen LogP contribution in [0.2, 0.25) is 10.0 Å². The molecule has 2 aliphatic heterocycles. The topological polar surface area (TPSA) is 50.8 Å². The summed E-state index contributed by atoms with van der Waals surface area (Å²) in [6.07, 6.45) is 9.18. The van der Waals surface area contributed by atoms with E-state index in [2.05, 4.69) is 10.2 Å². The SMILES string of the molecule is O=C(N[C@H]1CC[C@H](CCN2CCC(Oc3c(Cl)cc(F)cc3Cl)CC2)CC1)C1CCCO1. The molecule has 0 aromatic heterocycles. The van der Waals surface area contributed by atoms with E-state index < -0.39 is 5.82 Å². The molecule has 4 rings (SSSR count). The van der Waals surface area contributed by atoms with Crippen LogP contribution in [0.3, 0.4) is 0 Å². The molecule has 1 unspecified atom stereocenters. The second-order valence-corrected chi connectivity index (χ2v) is 10.2. The van der Waals surface area contributed by atoms with Gasteiger partial charge in [-0.3, -0.25) is 4.79 Å². The lowest BCUT2D eigenvalue weighted by atomic mass is 9.84. The molecule has 0 bridgehead atoms. The van der Waals surface area contributed by atoms with Gasteiger partial charge in [-0.25, -0.2) is 4.39 Å². The first kappa shape index (κ1) is 24.1. The Hall–Kier alpha value is -1.08. The first-order valence-corrected chi connectivity index (χ1v) is 12.7. The van der Waals surface area contributed by atoms with Crippen molar-refractivity contribution in [3.63, 3.8) is 0 Å². The Kier molecular flexibility index (Phi) is 8.55. The van der Waals surface area contributed by atoms with Crippen LogP contribution in [0.5, 0.6) is 5.75 Å². The van der Waals surface area contributed by atoms with Gasteiger partial charge in [0.25, 0.3) is 0 Å². The van der Waals surface area contributed by atoms with Crippen molar-refractivity contribution in [1.82, 2.24) is 10.2 Å². The van der Waals surface area contributed by atoms with Crippen molar-refractivity contribution in [2.24, 2.45) is 5.92 Å². The molecule has 2 saturated heterocycles. The lowest BCUT2D eigenvalue weighted by Crippen LogP contribution is -2.43. The smallest absolute Gasteiger partial charge is 0.249 e. The third-order valence-electron chi connectivity index (χ3n) is 7.05. The van der Waals surface area contributed by atoms with Crippen molar-refractivity contribution >= 4 is 29.1 Å². The van der Waals surface area contributed by atoms with E-state index >= 15 is 0 Å². The van der Waals surface area contributed by atoms with Crippen molar-refractivity contribution in [2.75, 3.05) is 26.2 Å². The number of nitrogens with one attached hydrogen (secondary N) is 1. The summed E-state index contributed by atoms with van der Waals surface area (Å²) in [5.74, 6) is 0.744. The van der Waals surface area contributed by atoms with E-state index in [-0.39, 0.29) is 28.2 Å². The zero-order valence-electron chi connectivity index (χ0n) is 18.5. The monoisotopic (exact) mass is 486 g/mol. The summed E-state index contributed by atoms with van der Waals surface area (Å²) in [7, 11) is 0. The molecular weight excluding hydrogens is 454 g/mol. The van der Waals surface area contributed by atoms with E-state index in [1.807, 2.05) is 0 Å². The van der Waals surface area contributed by atoms with Crippen molar-refractivity contribution in [2.45, 2.75) is 76.0 Å². The van der Waals surface area contributed by atoms with Gasteiger partial charge in [-0.2, -0.15) is 0 Å². The molecule has 178 valence electrons. The number of carbonyl (C=O) groups excluding carboxylic acids is 1. The molecule has 32 heavy (non-hydrogen) atoms. The molecule has 1 aliphatic carbocycles. The number of hydrogen-bond acceptors (Lipinski definition) is 4. The summed E-state index contributed by atoms with van der Waals surface area (Å²) < 4.78 is 24.8. The van der Waals surface area contributed by atoms with Gasteiger partial charge in [0.15, 0.2) is 5.75 Å². The van der Waals surface area contributed by atoms with Crippen molar-refractivity contribution in [3.05, 3.63) is 28.0 Å². The Balaban J connectivity index is 1.12. The number of carbonyl (C=O) groups is 1. The Bertz CT molecular complexity index is 752. The first-order chi connectivity index (χ1) is 15.5. The molecule has 1 N–H and O–H groups in total. The molecule has 0 radical (unpaired) electrons. The first-order valence-electron chi connectivity index (χ1n) is 11.9. The standard InChI is InChI=1S/C24H33Cl2FN2O3/c25-20-14-17(27)15-21(26)23(20)32-19-8-11-29(12-9-19)10-7-16-3-5-18(6-4-16)28-24(30)22-2-1-13-31-22/h14-16,18-19,22H,1-13H2,(H,28,30)/t16-,18-,22?. The average Bonchev–Trinajstić information content (AvgIpc) is 3.32. The maximum atomic E-state index is 13.4. The Labute approximate surface area is 199 Å². The summed E-state index contributed by atoms with van der Waals surface area (Å²) in [6, 6.07) is 2.78. The van der Waals surface area contributed by atoms with Gasteiger partial charge in [0, 0.05) is 25.7 Å². The molecule has 8 heteroatoms. The van der Waals surface area contributed by atoms with Gasteiger partial charge in [0.2, 0.25) is 5.91 Å².